The monoisotopic (exact) mass is 373 g/mol. The zero-order valence-electron chi connectivity index (χ0n) is 16.0. The molecule has 0 unspecified atom stereocenters. The maximum atomic E-state index is 12.6. The Kier molecular flexibility index (Phi) is 7.93. The van der Waals surface area contributed by atoms with Gasteiger partial charge in [0.1, 0.15) is 0 Å². The summed E-state index contributed by atoms with van der Waals surface area (Å²) >= 11 is 0. The standard InChI is InChI=1S/C19H30F3N3O/c1-6-16(19(20,21)22)10-9-14(2)23-13-18(4,5)24-12-17(26)25-11-7-8-15(25)3/h6,9-10,15,23-24H,1,7-8,11-13H2,2-5H3/b14-9+,16-10+/t15-/m1/s1. The van der Waals surface area contributed by atoms with Crippen LogP contribution in [0.25, 0.3) is 0 Å². The van der Waals surface area contributed by atoms with Crippen molar-refractivity contribution in [3.8, 4) is 0 Å². The molecule has 26 heavy (non-hydrogen) atoms. The molecule has 2 N–H and O–H groups in total. The van der Waals surface area contributed by atoms with Gasteiger partial charge in [-0.2, -0.15) is 13.2 Å². The summed E-state index contributed by atoms with van der Waals surface area (Å²) in [6.45, 7) is 12.3. The molecule has 0 aromatic carbocycles. The second-order valence-electron chi connectivity index (χ2n) is 7.34. The summed E-state index contributed by atoms with van der Waals surface area (Å²) in [6.07, 6.45) is 0.831. The summed E-state index contributed by atoms with van der Waals surface area (Å²) in [4.78, 5) is 14.1. The van der Waals surface area contributed by atoms with Gasteiger partial charge in [0.25, 0.3) is 0 Å². The fourth-order valence-electron chi connectivity index (χ4n) is 2.70. The van der Waals surface area contributed by atoms with Crippen LogP contribution in [0.1, 0.15) is 40.5 Å². The average molecular weight is 373 g/mol. The second kappa shape index (κ2) is 9.26. The molecular weight excluding hydrogens is 343 g/mol. The van der Waals surface area contributed by atoms with E-state index < -0.39 is 11.7 Å². The minimum Gasteiger partial charge on any atom is -0.387 e. The highest BCUT2D eigenvalue weighted by molar-refractivity contribution is 5.78. The van der Waals surface area contributed by atoms with E-state index in [0.717, 1.165) is 31.5 Å². The van der Waals surface area contributed by atoms with Crippen LogP contribution < -0.4 is 10.6 Å². The Labute approximate surface area is 154 Å². The van der Waals surface area contributed by atoms with Crippen molar-refractivity contribution in [2.75, 3.05) is 19.6 Å². The van der Waals surface area contributed by atoms with E-state index >= 15 is 0 Å². The van der Waals surface area contributed by atoms with Gasteiger partial charge in [-0.1, -0.05) is 12.7 Å². The predicted molar refractivity (Wildman–Crippen MR) is 98.6 cm³/mol. The number of hydrogen-bond donors (Lipinski definition) is 2. The minimum atomic E-state index is -4.41. The van der Waals surface area contributed by atoms with Crippen molar-refractivity contribution in [1.82, 2.24) is 15.5 Å². The van der Waals surface area contributed by atoms with Crippen molar-refractivity contribution in [1.29, 1.82) is 0 Å². The van der Waals surface area contributed by atoms with Crippen LogP contribution >= 0.6 is 0 Å². The van der Waals surface area contributed by atoms with Gasteiger partial charge >= 0.3 is 6.18 Å². The Hall–Kier alpha value is -1.76. The lowest BCUT2D eigenvalue weighted by molar-refractivity contribution is -0.131. The van der Waals surface area contributed by atoms with Crippen LogP contribution in [0.5, 0.6) is 0 Å². The number of nitrogens with zero attached hydrogens (tertiary/aromatic N) is 1. The number of allylic oxidation sites excluding steroid dienone is 5. The fourth-order valence-corrected chi connectivity index (χ4v) is 2.70. The third-order valence-corrected chi connectivity index (χ3v) is 4.46. The molecule has 0 radical (unpaired) electrons. The highest BCUT2D eigenvalue weighted by Gasteiger charge is 2.30. The zero-order valence-corrected chi connectivity index (χ0v) is 16.0. The van der Waals surface area contributed by atoms with E-state index in [0.29, 0.717) is 12.2 Å². The van der Waals surface area contributed by atoms with Crippen molar-refractivity contribution in [2.24, 2.45) is 0 Å². The number of rotatable bonds is 8. The van der Waals surface area contributed by atoms with E-state index in [1.54, 1.807) is 6.92 Å². The number of carbonyl (C=O) groups excluding carboxylic acids is 1. The normalized spacial score (nSPS) is 19.7. The van der Waals surface area contributed by atoms with Crippen LogP contribution in [0.15, 0.2) is 36.1 Å². The molecule has 0 aromatic rings. The summed E-state index contributed by atoms with van der Waals surface area (Å²) in [5.74, 6) is 0.0825. The van der Waals surface area contributed by atoms with Gasteiger partial charge in [-0.05, 0) is 52.7 Å². The van der Waals surface area contributed by atoms with Crippen LogP contribution in [0.2, 0.25) is 0 Å². The third-order valence-electron chi connectivity index (χ3n) is 4.46. The first-order valence-electron chi connectivity index (χ1n) is 8.83. The molecular formula is C19H30F3N3O. The Morgan fingerprint density at radius 3 is 2.46 bits per heavy atom. The largest absolute Gasteiger partial charge is 0.416 e. The number of carbonyl (C=O) groups is 1. The Bertz CT molecular complexity index is 565. The van der Waals surface area contributed by atoms with E-state index in [-0.39, 0.29) is 24.0 Å². The predicted octanol–water partition coefficient (Wildman–Crippen LogP) is 3.53. The summed E-state index contributed by atoms with van der Waals surface area (Å²) in [5.41, 5.74) is -0.577. The third kappa shape index (κ3) is 7.23. The molecule has 0 saturated carbocycles. The smallest absolute Gasteiger partial charge is 0.387 e. The van der Waals surface area contributed by atoms with Gasteiger partial charge in [-0.15, -0.1) is 0 Å². The first-order chi connectivity index (χ1) is 12.0. The van der Waals surface area contributed by atoms with Gasteiger partial charge in [-0.3, -0.25) is 4.79 Å². The number of amides is 1. The SMILES string of the molecule is C=C/C(=C\C=C(/C)NCC(C)(C)NCC(=O)N1CCC[C@H]1C)C(F)(F)F. The number of hydrogen-bond acceptors (Lipinski definition) is 3. The van der Waals surface area contributed by atoms with Crippen molar-refractivity contribution in [2.45, 2.75) is 58.3 Å². The molecule has 4 nitrogen and oxygen atoms in total. The first kappa shape index (κ1) is 22.3. The maximum Gasteiger partial charge on any atom is 0.416 e. The summed E-state index contributed by atoms with van der Waals surface area (Å²) in [7, 11) is 0. The Morgan fingerprint density at radius 1 is 1.31 bits per heavy atom. The number of nitrogens with one attached hydrogen (secondary N) is 2. The molecule has 1 saturated heterocycles. The van der Waals surface area contributed by atoms with Crippen molar-refractivity contribution in [3.63, 3.8) is 0 Å². The molecule has 0 aromatic heterocycles. The maximum absolute atomic E-state index is 12.6. The molecule has 1 fully saturated rings. The van der Waals surface area contributed by atoms with E-state index in [4.69, 9.17) is 0 Å². The molecule has 1 heterocycles. The van der Waals surface area contributed by atoms with E-state index in [1.165, 1.54) is 6.08 Å². The Balaban J connectivity index is 2.51. The minimum absolute atomic E-state index is 0.0825. The number of alkyl halides is 3. The van der Waals surface area contributed by atoms with Crippen molar-refractivity contribution >= 4 is 5.91 Å². The molecule has 148 valence electrons. The molecule has 1 aliphatic heterocycles. The summed E-state index contributed by atoms with van der Waals surface area (Å²) in [5, 5.41) is 6.30. The van der Waals surface area contributed by atoms with Crippen molar-refractivity contribution < 1.29 is 18.0 Å². The average Bonchev–Trinajstić information content (AvgIpc) is 2.96. The lowest BCUT2D eigenvalue weighted by atomic mass is 10.1. The van der Waals surface area contributed by atoms with Crippen LogP contribution in [0, 0.1) is 0 Å². The van der Waals surface area contributed by atoms with Gasteiger partial charge in [0, 0.05) is 30.4 Å². The van der Waals surface area contributed by atoms with E-state index in [9.17, 15) is 18.0 Å². The van der Waals surface area contributed by atoms with Crippen LogP contribution in [-0.4, -0.2) is 48.2 Å². The lowest BCUT2D eigenvalue weighted by Gasteiger charge is -2.29. The van der Waals surface area contributed by atoms with Gasteiger partial charge in [0.15, 0.2) is 0 Å². The molecule has 1 atom stereocenters. The van der Waals surface area contributed by atoms with Gasteiger partial charge in [0.05, 0.1) is 12.1 Å². The molecule has 7 heteroatoms. The van der Waals surface area contributed by atoms with E-state index in [2.05, 4.69) is 24.1 Å². The number of likely N-dealkylation sites (tertiary alicyclic amines) is 1. The molecule has 0 bridgehead atoms. The fraction of sp³-hybridized carbons (Fsp3) is 0.632. The number of halogens is 3. The molecule has 1 aliphatic rings. The zero-order chi connectivity index (χ0) is 20.0. The summed E-state index contributed by atoms with van der Waals surface area (Å²) < 4.78 is 37.9. The highest BCUT2D eigenvalue weighted by atomic mass is 19.4. The molecule has 0 spiro atoms. The second-order valence-corrected chi connectivity index (χ2v) is 7.34. The first-order valence-corrected chi connectivity index (χ1v) is 8.83. The van der Waals surface area contributed by atoms with Gasteiger partial charge in [0.2, 0.25) is 5.91 Å². The quantitative estimate of drug-likeness (QED) is 0.640. The van der Waals surface area contributed by atoms with Crippen LogP contribution in [0.4, 0.5) is 13.2 Å². The molecule has 1 rings (SSSR count). The van der Waals surface area contributed by atoms with Gasteiger partial charge in [-0.25, -0.2) is 0 Å². The van der Waals surface area contributed by atoms with Crippen LogP contribution in [0.3, 0.4) is 0 Å². The lowest BCUT2D eigenvalue weighted by Crippen LogP contribution is -2.51. The highest BCUT2D eigenvalue weighted by Crippen LogP contribution is 2.26. The molecule has 0 aliphatic carbocycles. The van der Waals surface area contributed by atoms with E-state index in [1.807, 2.05) is 18.7 Å². The van der Waals surface area contributed by atoms with Gasteiger partial charge < -0.3 is 15.5 Å². The summed E-state index contributed by atoms with van der Waals surface area (Å²) in [6, 6.07) is 0.287. The van der Waals surface area contributed by atoms with Crippen LogP contribution in [-0.2, 0) is 4.79 Å². The molecule has 1 amide bonds. The van der Waals surface area contributed by atoms with Crippen molar-refractivity contribution in [3.05, 3.63) is 36.1 Å². The topological polar surface area (TPSA) is 44.4 Å². The Morgan fingerprint density at radius 2 is 1.96 bits per heavy atom.